The van der Waals surface area contributed by atoms with Crippen molar-refractivity contribution < 1.29 is 9.59 Å². The summed E-state index contributed by atoms with van der Waals surface area (Å²) in [5.74, 6) is 0.897. The quantitative estimate of drug-likeness (QED) is 0.699. The first-order chi connectivity index (χ1) is 10.1. The lowest BCUT2D eigenvalue weighted by Crippen LogP contribution is -2.36. The van der Waals surface area contributed by atoms with Gasteiger partial charge in [0.25, 0.3) is 0 Å². The Morgan fingerprint density at radius 2 is 2.00 bits per heavy atom. The molecule has 3 amide bonds. The van der Waals surface area contributed by atoms with Gasteiger partial charge in [-0.1, -0.05) is 12.5 Å². The predicted octanol–water partition coefficient (Wildman–Crippen LogP) is 1.82. The zero-order valence-corrected chi connectivity index (χ0v) is 12.3. The molecule has 0 unspecified atom stereocenters. The van der Waals surface area contributed by atoms with Crippen LogP contribution < -0.4 is 16.0 Å². The number of nitrogens with zero attached hydrogens (tertiary/aromatic N) is 1. The monoisotopic (exact) mass is 290 g/mol. The molecule has 0 atom stereocenters. The van der Waals surface area contributed by atoms with E-state index in [1.54, 1.807) is 6.07 Å². The van der Waals surface area contributed by atoms with E-state index in [0.717, 1.165) is 25.0 Å². The molecule has 0 saturated heterocycles. The van der Waals surface area contributed by atoms with Crippen LogP contribution in [0.3, 0.4) is 0 Å². The minimum atomic E-state index is -0.279. The fraction of sp³-hybridized carbons (Fsp3) is 0.533. The van der Waals surface area contributed by atoms with Gasteiger partial charge in [-0.3, -0.25) is 10.1 Å². The number of hydrogen-bond donors (Lipinski definition) is 3. The molecule has 1 heterocycles. The average molecular weight is 290 g/mol. The average Bonchev–Trinajstić information content (AvgIpc) is 2.36. The summed E-state index contributed by atoms with van der Waals surface area (Å²) in [6.45, 7) is 2.98. The second kappa shape index (κ2) is 7.61. The second-order valence-corrected chi connectivity index (χ2v) is 5.32. The summed E-state index contributed by atoms with van der Waals surface area (Å²) in [6, 6.07) is 5.17. The fourth-order valence-corrected chi connectivity index (χ4v) is 2.09. The van der Waals surface area contributed by atoms with Gasteiger partial charge in [0.1, 0.15) is 5.82 Å². The van der Waals surface area contributed by atoms with Crippen LogP contribution in [0.15, 0.2) is 18.2 Å². The van der Waals surface area contributed by atoms with E-state index in [9.17, 15) is 9.59 Å². The molecule has 1 aliphatic carbocycles. The molecule has 0 aromatic carbocycles. The van der Waals surface area contributed by atoms with E-state index in [1.807, 2.05) is 19.1 Å². The Balaban J connectivity index is 1.55. The molecule has 1 aromatic heterocycles. The summed E-state index contributed by atoms with van der Waals surface area (Å²) in [6.07, 6.45) is 3.89. The lowest BCUT2D eigenvalue weighted by atomic mass is 9.85. The maximum Gasteiger partial charge on any atom is 0.320 e. The smallest absolute Gasteiger partial charge is 0.320 e. The van der Waals surface area contributed by atoms with E-state index >= 15 is 0 Å². The molecule has 0 aliphatic heterocycles. The number of urea groups is 1. The highest BCUT2D eigenvalue weighted by atomic mass is 16.2. The van der Waals surface area contributed by atoms with Gasteiger partial charge in [0.05, 0.1) is 0 Å². The van der Waals surface area contributed by atoms with Crippen molar-refractivity contribution in [3.8, 4) is 0 Å². The van der Waals surface area contributed by atoms with Gasteiger partial charge in [0, 0.05) is 24.7 Å². The summed E-state index contributed by atoms with van der Waals surface area (Å²) in [4.78, 5) is 27.4. The van der Waals surface area contributed by atoms with Gasteiger partial charge in [-0.25, -0.2) is 9.78 Å². The van der Waals surface area contributed by atoms with Crippen LogP contribution in [0.1, 0.15) is 31.4 Å². The third kappa shape index (κ3) is 5.06. The van der Waals surface area contributed by atoms with Crippen LogP contribution in [0.2, 0.25) is 0 Å². The molecule has 0 bridgehead atoms. The van der Waals surface area contributed by atoms with Crippen molar-refractivity contribution in [3.05, 3.63) is 23.9 Å². The first kappa shape index (κ1) is 15.3. The Morgan fingerprint density at radius 3 is 2.67 bits per heavy atom. The summed E-state index contributed by atoms with van der Waals surface area (Å²) in [5, 5.41) is 8.30. The molecule has 0 radical (unpaired) electrons. The number of aromatic nitrogens is 1. The van der Waals surface area contributed by atoms with Crippen LogP contribution in [0.4, 0.5) is 10.6 Å². The number of carbonyl (C=O) groups excluding carboxylic acids is 2. The van der Waals surface area contributed by atoms with Crippen molar-refractivity contribution in [1.29, 1.82) is 0 Å². The molecule has 1 saturated carbocycles. The highest BCUT2D eigenvalue weighted by molar-refractivity contribution is 5.88. The van der Waals surface area contributed by atoms with Gasteiger partial charge >= 0.3 is 6.03 Å². The normalized spacial score (nSPS) is 14.1. The van der Waals surface area contributed by atoms with Gasteiger partial charge < -0.3 is 10.6 Å². The highest BCUT2D eigenvalue weighted by Crippen LogP contribution is 2.25. The van der Waals surface area contributed by atoms with Crippen molar-refractivity contribution in [2.45, 2.75) is 32.6 Å². The molecule has 3 N–H and O–H groups in total. The predicted molar refractivity (Wildman–Crippen MR) is 81.0 cm³/mol. The van der Waals surface area contributed by atoms with Crippen molar-refractivity contribution in [3.63, 3.8) is 0 Å². The number of carbonyl (C=O) groups is 2. The first-order valence-corrected chi connectivity index (χ1v) is 7.41. The van der Waals surface area contributed by atoms with Gasteiger partial charge in [-0.15, -0.1) is 0 Å². The lowest BCUT2D eigenvalue weighted by molar-refractivity contribution is -0.127. The molecule has 6 heteroatoms. The fourth-order valence-electron chi connectivity index (χ4n) is 2.09. The maximum atomic E-state index is 11.6. The summed E-state index contributed by atoms with van der Waals surface area (Å²) in [7, 11) is 0. The molecule has 1 aromatic rings. The number of hydrogen-bond acceptors (Lipinski definition) is 3. The molecular weight excluding hydrogens is 268 g/mol. The SMILES string of the molecule is Cc1cccc(NC(=O)NCCCNC(=O)C2CCC2)n1. The van der Waals surface area contributed by atoms with E-state index < -0.39 is 0 Å². The Kier molecular flexibility index (Phi) is 5.54. The number of pyridine rings is 1. The minimum absolute atomic E-state index is 0.148. The third-order valence-electron chi connectivity index (χ3n) is 3.54. The van der Waals surface area contributed by atoms with Crippen molar-refractivity contribution in [2.24, 2.45) is 5.92 Å². The van der Waals surface area contributed by atoms with Crippen LogP contribution >= 0.6 is 0 Å². The van der Waals surface area contributed by atoms with Crippen LogP contribution in [0.5, 0.6) is 0 Å². The summed E-state index contributed by atoms with van der Waals surface area (Å²) >= 11 is 0. The van der Waals surface area contributed by atoms with Gasteiger partial charge in [0.2, 0.25) is 5.91 Å². The molecule has 1 aliphatic rings. The zero-order valence-electron chi connectivity index (χ0n) is 12.3. The number of rotatable bonds is 6. The Morgan fingerprint density at radius 1 is 1.24 bits per heavy atom. The number of anilines is 1. The Bertz CT molecular complexity index is 500. The van der Waals surface area contributed by atoms with Crippen LogP contribution in [0, 0.1) is 12.8 Å². The molecule has 6 nitrogen and oxygen atoms in total. The highest BCUT2D eigenvalue weighted by Gasteiger charge is 2.24. The molecule has 0 spiro atoms. The zero-order chi connectivity index (χ0) is 15.1. The standard InChI is InChI=1S/C15H22N4O2/c1-11-5-2-8-13(18-11)19-15(21)17-10-4-9-16-14(20)12-6-3-7-12/h2,5,8,12H,3-4,6-7,9-10H2,1H3,(H,16,20)(H2,17,18,19,21). The largest absolute Gasteiger partial charge is 0.356 e. The van der Waals surface area contributed by atoms with E-state index in [1.165, 1.54) is 0 Å². The Labute approximate surface area is 124 Å². The number of nitrogens with one attached hydrogen (secondary N) is 3. The maximum absolute atomic E-state index is 11.6. The topological polar surface area (TPSA) is 83.1 Å². The molecule has 21 heavy (non-hydrogen) atoms. The molecule has 114 valence electrons. The third-order valence-corrected chi connectivity index (χ3v) is 3.54. The van der Waals surface area contributed by atoms with E-state index in [4.69, 9.17) is 0 Å². The van der Waals surface area contributed by atoms with E-state index in [0.29, 0.717) is 25.3 Å². The molecule has 1 fully saturated rings. The van der Waals surface area contributed by atoms with Crippen LogP contribution in [0.25, 0.3) is 0 Å². The van der Waals surface area contributed by atoms with E-state index in [2.05, 4.69) is 20.9 Å². The Hall–Kier alpha value is -2.11. The molecule has 2 rings (SSSR count). The van der Waals surface area contributed by atoms with Crippen LogP contribution in [-0.4, -0.2) is 30.0 Å². The van der Waals surface area contributed by atoms with Gasteiger partial charge in [0.15, 0.2) is 0 Å². The number of aryl methyl sites for hydroxylation is 1. The van der Waals surface area contributed by atoms with Crippen molar-refractivity contribution in [1.82, 2.24) is 15.6 Å². The second-order valence-electron chi connectivity index (χ2n) is 5.32. The molecular formula is C15H22N4O2. The van der Waals surface area contributed by atoms with E-state index in [-0.39, 0.29) is 17.9 Å². The number of amides is 3. The van der Waals surface area contributed by atoms with Crippen molar-refractivity contribution >= 4 is 17.8 Å². The van der Waals surface area contributed by atoms with Crippen molar-refractivity contribution in [2.75, 3.05) is 18.4 Å². The van der Waals surface area contributed by atoms with Gasteiger partial charge in [-0.05, 0) is 38.3 Å². The van der Waals surface area contributed by atoms with Crippen LogP contribution in [-0.2, 0) is 4.79 Å². The summed E-state index contributed by atoms with van der Waals surface area (Å²) < 4.78 is 0. The van der Waals surface area contributed by atoms with Gasteiger partial charge in [-0.2, -0.15) is 0 Å². The summed E-state index contributed by atoms with van der Waals surface area (Å²) in [5.41, 5.74) is 0.853. The lowest BCUT2D eigenvalue weighted by Gasteiger charge is -2.23. The minimum Gasteiger partial charge on any atom is -0.356 e. The first-order valence-electron chi connectivity index (χ1n) is 7.41.